The molecule has 0 unspecified atom stereocenters. The van der Waals surface area contributed by atoms with E-state index < -0.39 is 0 Å². The molecular formula is C31H62. The van der Waals surface area contributed by atoms with Crippen molar-refractivity contribution in [1.82, 2.24) is 0 Å². The molecule has 0 aliphatic heterocycles. The molecule has 0 spiro atoms. The van der Waals surface area contributed by atoms with Crippen LogP contribution in [0.15, 0.2) is 24.3 Å². The first-order chi connectivity index (χ1) is 15.0. The van der Waals surface area contributed by atoms with Crippen molar-refractivity contribution in [3.05, 3.63) is 35.4 Å². The van der Waals surface area contributed by atoms with Crippen LogP contribution in [0, 0.1) is 13.8 Å². The van der Waals surface area contributed by atoms with Gasteiger partial charge in [0.15, 0.2) is 0 Å². The fourth-order valence-corrected chi connectivity index (χ4v) is 3.05. The maximum Gasteiger partial charge on any atom is -0.0395 e. The van der Waals surface area contributed by atoms with Crippen molar-refractivity contribution in [2.24, 2.45) is 0 Å². The van der Waals surface area contributed by atoms with Crippen molar-refractivity contribution < 1.29 is 0 Å². The van der Waals surface area contributed by atoms with E-state index in [1.807, 2.05) is 0 Å². The van der Waals surface area contributed by atoms with Crippen molar-refractivity contribution in [3.8, 4) is 0 Å². The molecule has 0 aliphatic rings. The second kappa shape index (κ2) is 33.8. The molecule has 1 rings (SSSR count). The smallest absolute Gasteiger partial charge is 0.0395 e. The average molecular weight is 435 g/mol. The lowest BCUT2D eigenvalue weighted by molar-refractivity contribution is 0.585. The Kier molecular flexibility index (Phi) is 38.0. The van der Waals surface area contributed by atoms with Crippen molar-refractivity contribution in [2.45, 2.75) is 165 Å². The maximum atomic E-state index is 2.27. The lowest BCUT2D eigenvalue weighted by Crippen LogP contribution is -1.77. The molecule has 186 valence electrons. The molecule has 0 saturated carbocycles. The first kappa shape index (κ1) is 34.8. The molecule has 1 aromatic carbocycles. The number of hydrogen-bond acceptors (Lipinski definition) is 0. The first-order valence-corrected chi connectivity index (χ1v) is 14.1. The number of aryl methyl sites for hydroxylation is 2. The van der Waals surface area contributed by atoms with E-state index in [1.165, 1.54) is 120 Å². The third-order valence-corrected chi connectivity index (χ3v) is 5.55. The van der Waals surface area contributed by atoms with Crippen molar-refractivity contribution >= 4 is 0 Å². The Balaban J connectivity index is -0.000000343. The molecule has 31 heavy (non-hydrogen) atoms. The molecule has 1 aromatic rings. The van der Waals surface area contributed by atoms with Gasteiger partial charge in [-0.2, -0.15) is 0 Å². The van der Waals surface area contributed by atoms with Crippen LogP contribution in [0.4, 0.5) is 0 Å². The summed E-state index contributed by atoms with van der Waals surface area (Å²) >= 11 is 0. The number of unbranched alkanes of at least 4 members (excludes halogenated alkanes) is 14. The highest BCUT2D eigenvalue weighted by atomic mass is 13.9. The van der Waals surface area contributed by atoms with Crippen LogP contribution in [0.25, 0.3) is 0 Å². The molecule has 0 fully saturated rings. The van der Waals surface area contributed by atoms with E-state index in [9.17, 15) is 0 Å². The van der Waals surface area contributed by atoms with Gasteiger partial charge in [0.25, 0.3) is 0 Å². The highest BCUT2D eigenvalue weighted by molar-refractivity contribution is 5.23. The quantitative estimate of drug-likeness (QED) is 0.255. The maximum absolute atomic E-state index is 2.27. The van der Waals surface area contributed by atoms with Gasteiger partial charge >= 0.3 is 0 Å². The van der Waals surface area contributed by atoms with Gasteiger partial charge in [0, 0.05) is 0 Å². The number of hydrogen-bond donors (Lipinski definition) is 0. The standard InChI is InChI=1S/C10H22.C8H10.C7H16.C6H14/c1-3-5-7-9-10-8-6-4-2;1-7-5-3-4-6-8(7)2;1-3-5-7-6-4-2;1-3-5-6-4-2/h3-10H2,1-2H3;3-6H,1-2H3;3-7H2,1-2H3;3-6H2,1-2H3. The van der Waals surface area contributed by atoms with E-state index in [0.717, 1.165) is 0 Å². The normalized spacial score (nSPS) is 9.55. The predicted octanol–water partition coefficient (Wildman–Crippen LogP) is 12.0. The fourth-order valence-electron chi connectivity index (χ4n) is 3.05. The van der Waals surface area contributed by atoms with Crippen molar-refractivity contribution in [3.63, 3.8) is 0 Å². The topological polar surface area (TPSA) is 0 Å². The third kappa shape index (κ3) is 36.9. The largest absolute Gasteiger partial charge is 0.0654 e. The molecule has 0 nitrogen and oxygen atoms in total. The zero-order chi connectivity index (χ0) is 24.0. The Hall–Kier alpha value is -0.780. The van der Waals surface area contributed by atoms with Gasteiger partial charge in [-0.1, -0.05) is 175 Å². The van der Waals surface area contributed by atoms with E-state index in [1.54, 1.807) is 0 Å². The van der Waals surface area contributed by atoms with Gasteiger partial charge in [0.2, 0.25) is 0 Å². The first-order valence-electron chi connectivity index (χ1n) is 14.1. The van der Waals surface area contributed by atoms with E-state index in [2.05, 4.69) is 79.7 Å². The summed E-state index contributed by atoms with van der Waals surface area (Å²) in [6.07, 6.45) is 24.0. The molecule has 0 amide bonds. The van der Waals surface area contributed by atoms with Gasteiger partial charge in [-0.05, 0) is 25.0 Å². The van der Waals surface area contributed by atoms with E-state index >= 15 is 0 Å². The Morgan fingerprint density at radius 1 is 0.355 bits per heavy atom. The molecule has 0 aromatic heterocycles. The summed E-state index contributed by atoms with van der Waals surface area (Å²) in [7, 11) is 0. The Morgan fingerprint density at radius 3 is 0.774 bits per heavy atom. The molecule has 0 N–H and O–H groups in total. The molecule has 0 atom stereocenters. The predicted molar refractivity (Wildman–Crippen MR) is 148 cm³/mol. The molecule has 0 heteroatoms. The second-order valence-electron chi connectivity index (χ2n) is 8.97. The highest BCUT2D eigenvalue weighted by Gasteiger charge is 1.87. The van der Waals surface area contributed by atoms with E-state index in [-0.39, 0.29) is 0 Å². The molecule has 0 bridgehead atoms. The van der Waals surface area contributed by atoms with Gasteiger partial charge in [-0.15, -0.1) is 0 Å². The van der Waals surface area contributed by atoms with Gasteiger partial charge in [0.05, 0.1) is 0 Å². The Morgan fingerprint density at radius 2 is 0.548 bits per heavy atom. The second-order valence-corrected chi connectivity index (χ2v) is 8.97. The van der Waals surface area contributed by atoms with Gasteiger partial charge in [-0.3, -0.25) is 0 Å². The van der Waals surface area contributed by atoms with Crippen LogP contribution in [-0.4, -0.2) is 0 Å². The Labute approximate surface area is 200 Å². The van der Waals surface area contributed by atoms with Crippen LogP contribution in [0.3, 0.4) is 0 Å². The van der Waals surface area contributed by atoms with Crippen LogP contribution in [0.5, 0.6) is 0 Å². The fraction of sp³-hybridized carbons (Fsp3) is 0.806. The summed E-state index contributed by atoms with van der Waals surface area (Å²) in [6, 6.07) is 8.36. The van der Waals surface area contributed by atoms with Crippen LogP contribution in [0.2, 0.25) is 0 Å². The van der Waals surface area contributed by atoms with Crippen molar-refractivity contribution in [1.29, 1.82) is 0 Å². The molecular weight excluding hydrogens is 372 g/mol. The zero-order valence-corrected chi connectivity index (χ0v) is 23.3. The van der Waals surface area contributed by atoms with Crippen molar-refractivity contribution in [2.75, 3.05) is 0 Å². The lowest BCUT2D eigenvalue weighted by Gasteiger charge is -1.97. The van der Waals surface area contributed by atoms with Gasteiger partial charge in [0.1, 0.15) is 0 Å². The lowest BCUT2D eigenvalue weighted by atomic mass is 10.1. The minimum atomic E-state index is 1.36. The summed E-state index contributed by atoms with van der Waals surface area (Å²) in [5.74, 6) is 0. The minimum absolute atomic E-state index is 1.36. The monoisotopic (exact) mass is 434 g/mol. The van der Waals surface area contributed by atoms with Crippen LogP contribution in [0.1, 0.15) is 162 Å². The summed E-state index contributed by atoms with van der Waals surface area (Å²) in [5.41, 5.74) is 2.74. The van der Waals surface area contributed by atoms with Crippen LogP contribution < -0.4 is 0 Å². The molecule has 0 radical (unpaired) electrons. The third-order valence-electron chi connectivity index (χ3n) is 5.55. The van der Waals surface area contributed by atoms with Crippen LogP contribution in [-0.2, 0) is 0 Å². The molecule has 0 aliphatic carbocycles. The number of rotatable bonds is 14. The average Bonchev–Trinajstić information content (AvgIpc) is 2.78. The SMILES string of the molecule is CCCCCC.CCCCCCC.CCCCCCCCCC.Cc1ccccc1C. The molecule has 0 saturated heterocycles. The van der Waals surface area contributed by atoms with Gasteiger partial charge in [-0.25, -0.2) is 0 Å². The number of benzene rings is 1. The summed E-state index contributed by atoms with van der Waals surface area (Å²) < 4.78 is 0. The Bertz CT molecular complexity index is 356. The molecule has 0 heterocycles. The summed E-state index contributed by atoms with van der Waals surface area (Å²) in [5, 5.41) is 0. The minimum Gasteiger partial charge on any atom is -0.0654 e. The highest BCUT2D eigenvalue weighted by Crippen LogP contribution is 2.07. The van der Waals surface area contributed by atoms with E-state index in [0.29, 0.717) is 0 Å². The van der Waals surface area contributed by atoms with Gasteiger partial charge < -0.3 is 0 Å². The summed E-state index contributed by atoms with van der Waals surface area (Å²) in [4.78, 5) is 0. The van der Waals surface area contributed by atoms with Crippen LogP contribution >= 0.6 is 0 Å². The van der Waals surface area contributed by atoms with E-state index in [4.69, 9.17) is 0 Å². The summed E-state index contributed by atoms with van der Waals surface area (Å²) in [6.45, 7) is 17.7. The zero-order valence-electron chi connectivity index (χ0n) is 23.3.